The van der Waals surface area contributed by atoms with E-state index in [4.69, 9.17) is 0 Å². The largest absolute Gasteiger partial charge is 0.357 e. The summed E-state index contributed by atoms with van der Waals surface area (Å²) in [5.41, 5.74) is 0.924. The fourth-order valence-corrected chi connectivity index (χ4v) is 5.70. The van der Waals surface area contributed by atoms with Crippen LogP contribution in [-0.4, -0.2) is 44.9 Å². The number of aliphatic imine (C=N–C) groups is 1. The number of guanidine groups is 1. The van der Waals surface area contributed by atoms with Crippen LogP contribution >= 0.6 is 11.3 Å². The Kier molecular flexibility index (Phi) is 9.06. The van der Waals surface area contributed by atoms with Crippen molar-refractivity contribution in [2.24, 2.45) is 4.99 Å². The molecule has 0 fully saturated rings. The highest BCUT2D eigenvalue weighted by Gasteiger charge is 2.23. The van der Waals surface area contributed by atoms with Gasteiger partial charge in [0.05, 0.1) is 6.54 Å². The Labute approximate surface area is 176 Å². The van der Waals surface area contributed by atoms with Crippen molar-refractivity contribution in [1.29, 1.82) is 0 Å². The van der Waals surface area contributed by atoms with Crippen molar-refractivity contribution in [3.63, 3.8) is 0 Å². The van der Waals surface area contributed by atoms with E-state index < -0.39 is 10.0 Å². The second-order valence-electron chi connectivity index (χ2n) is 6.31. The molecule has 0 atom stereocenters. The van der Waals surface area contributed by atoms with Gasteiger partial charge in [-0.2, -0.15) is 4.31 Å². The van der Waals surface area contributed by atoms with Gasteiger partial charge in [0.2, 0.25) is 0 Å². The molecule has 29 heavy (non-hydrogen) atoms. The molecule has 1 aromatic carbocycles. The highest BCUT2D eigenvalue weighted by molar-refractivity contribution is 7.91. The Bertz CT molecular complexity index is 891. The van der Waals surface area contributed by atoms with E-state index in [1.54, 1.807) is 18.2 Å². The lowest BCUT2D eigenvalue weighted by atomic mass is 10.2. The number of sulfonamides is 1. The molecule has 0 spiro atoms. The van der Waals surface area contributed by atoms with E-state index >= 15 is 0 Å². The second-order valence-corrected chi connectivity index (χ2v) is 9.64. The molecule has 0 radical (unpaired) electrons. The standard InChI is InChI=1S/C20H29FN4O2S2/c1-4-22-20(24-15-16-7-9-17(21)10-8-16)23-14-13-18-11-12-19(28-18)29(26,27)25(5-2)6-3/h7-12H,4-6,13-15H2,1-3H3,(H2,22,23,24). The molecular formula is C20H29FN4O2S2. The molecule has 6 nitrogen and oxygen atoms in total. The van der Waals surface area contributed by atoms with Crippen LogP contribution in [0.25, 0.3) is 0 Å². The summed E-state index contributed by atoms with van der Waals surface area (Å²) in [5, 5.41) is 6.43. The molecule has 2 rings (SSSR count). The maximum Gasteiger partial charge on any atom is 0.252 e. The molecule has 1 aromatic heterocycles. The Morgan fingerprint density at radius 1 is 1.07 bits per heavy atom. The summed E-state index contributed by atoms with van der Waals surface area (Å²) in [5.74, 6) is 0.408. The molecule has 0 saturated heterocycles. The number of hydrogen-bond acceptors (Lipinski definition) is 4. The summed E-state index contributed by atoms with van der Waals surface area (Å²) in [6.45, 7) is 8.38. The minimum absolute atomic E-state index is 0.263. The van der Waals surface area contributed by atoms with Crippen molar-refractivity contribution < 1.29 is 12.8 Å². The molecule has 1 heterocycles. The number of halogens is 1. The van der Waals surface area contributed by atoms with E-state index in [1.165, 1.54) is 27.8 Å². The monoisotopic (exact) mass is 440 g/mol. The first kappa shape index (κ1) is 23.3. The van der Waals surface area contributed by atoms with Gasteiger partial charge < -0.3 is 10.6 Å². The van der Waals surface area contributed by atoms with Crippen LogP contribution in [0.2, 0.25) is 0 Å². The quantitative estimate of drug-likeness (QED) is 0.440. The lowest BCUT2D eigenvalue weighted by Gasteiger charge is -2.16. The molecule has 2 aromatic rings. The maximum atomic E-state index is 13.0. The Hall–Kier alpha value is -1.97. The zero-order valence-electron chi connectivity index (χ0n) is 17.1. The van der Waals surface area contributed by atoms with Crippen molar-refractivity contribution in [3.05, 3.63) is 52.7 Å². The van der Waals surface area contributed by atoms with E-state index in [9.17, 15) is 12.8 Å². The third-order valence-corrected chi connectivity index (χ3v) is 7.94. The number of nitrogens with one attached hydrogen (secondary N) is 2. The molecule has 0 bridgehead atoms. The van der Waals surface area contributed by atoms with Gasteiger partial charge in [0.25, 0.3) is 10.0 Å². The fraction of sp³-hybridized carbons (Fsp3) is 0.450. The first-order valence-corrected chi connectivity index (χ1v) is 12.0. The first-order valence-electron chi connectivity index (χ1n) is 9.76. The van der Waals surface area contributed by atoms with Crippen LogP contribution in [-0.2, 0) is 23.0 Å². The molecule has 9 heteroatoms. The third-order valence-electron chi connectivity index (χ3n) is 4.28. The average Bonchev–Trinajstić information content (AvgIpc) is 3.18. The fourth-order valence-electron chi connectivity index (χ4n) is 2.73. The highest BCUT2D eigenvalue weighted by Crippen LogP contribution is 2.25. The maximum absolute atomic E-state index is 13.0. The van der Waals surface area contributed by atoms with Crippen LogP contribution in [0.4, 0.5) is 4.39 Å². The van der Waals surface area contributed by atoms with E-state index in [-0.39, 0.29) is 5.82 Å². The number of hydrogen-bond donors (Lipinski definition) is 2. The van der Waals surface area contributed by atoms with Crippen LogP contribution in [0.5, 0.6) is 0 Å². The van der Waals surface area contributed by atoms with Gasteiger partial charge in [0, 0.05) is 31.1 Å². The van der Waals surface area contributed by atoms with Crippen molar-refractivity contribution >= 4 is 27.3 Å². The van der Waals surface area contributed by atoms with Crippen LogP contribution in [0.15, 0.2) is 45.6 Å². The van der Waals surface area contributed by atoms with Gasteiger partial charge in [0.15, 0.2) is 5.96 Å². The van der Waals surface area contributed by atoms with Gasteiger partial charge in [-0.25, -0.2) is 17.8 Å². The highest BCUT2D eigenvalue weighted by atomic mass is 32.2. The normalized spacial score (nSPS) is 12.4. The molecule has 0 saturated carbocycles. The second kappa shape index (κ2) is 11.3. The summed E-state index contributed by atoms with van der Waals surface area (Å²) in [7, 11) is -3.40. The molecule has 2 N–H and O–H groups in total. The van der Waals surface area contributed by atoms with Crippen molar-refractivity contribution in [3.8, 4) is 0 Å². The van der Waals surface area contributed by atoms with Crippen molar-refractivity contribution in [2.75, 3.05) is 26.2 Å². The van der Waals surface area contributed by atoms with E-state index in [0.717, 1.165) is 17.0 Å². The van der Waals surface area contributed by atoms with E-state index in [2.05, 4.69) is 15.6 Å². The third kappa shape index (κ3) is 6.80. The van der Waals surface area contributed by atoms with Gasteiger partial charge in [-0.3, -0.25) is 0 Å². The summed E-state index contributed by atoms with van der Waals surface area (Å²) in [4.78, 5) is 5.50. The number of thiophene rings is 1. The van der Waals surface area contributed by atoms with Crippen molar-refractivity contribution in [2.45, 2.75) is 37.9 Å². The topological polar surface area (TPSA) is 73.8 Å². The van der Waals surface area contributed by atoms with Crippen LogP contribution in [0, 0.1) is 5.82 Å². The summed E-state index contributed by atoms with van der Waals surface area (Å²) in [6, 6.07) is 9.82. The zero-order chi connectivity index (χ0) is 21.3. The molecule has 160 valence electrons. The van der Waals surface area contributed by atoms with Gasteiger partial charge in [-0.15, -0.1) is 11.3 Å². The molecule has 0 amide bonds. The number of nitrogens with zero attached hydrogens (tertiary/aromatic N) is 2. The lowest BCUT2D eigenvalue weighted by Crippen LogP contribution is -2.38. The minimum Gasteiger partial charge on any atom is -0.357 e. The SMILES string of the molecule is CCNC(=NCc1ccc(F)cc1)NCCc1ccc(S(=O)(=O)N(CC)CC)s1. The molecule has 0 unspecified atom stereocenters. The Morgan fingerprint density at radius 2 is 1.76 bits per heavy atom. The predicted molar refractivity (Wildman–Crippen MR) is 117 cm³/mol. The zero-order valence-corrected chi connectivity index (χ0v) is 18.7. The molecule has 0 aliphatic heterocycles. The van der Waals surface area contributed by atoms with Gasteiger partial charge in [0.1, 0.15) is 10.0 Å². The van der Waals surface area contributed by atoms with Crippen LogP contribution in [0.1, 0.15) is 31.2 Å². The first-order chi connectivity index (χ1) is 13.9. The van der Waals surface area contributed by atoms with Crippen LogP contribution in [0.3, 0.4) is 0 Å². The Balaban J connectivity index is 1.93. The summed E-state index contributed by atoms with van der Waals surface area (Å²) < 4.78 is 40.0. The van der Waals surface area contributed by atoms with Gasteiger partial charge in [-0.05, 0) is 43.2 Å². The number of rotatable bonds is 10. The van der Waals surface area contributed by atoms with E-state index in [0.29, 0.717) is 42.8 Å². The molecular weight excluding hydrogens is 411 g/mol. The predicted octanol–water partition coefficient (Wildman–Crippen LogP) is 3.22. The smallest absolute Gasteiger partial charge is 0.252 e. The van der Waals surface area contributed by atoms with Crippen LogP contribution < -0.4 is 10.6 Å². The van der Waals surface area contributed by atoms with Gasteiger partial charge in [-0.1, -0.05) is 26.0 Å². The van der Waals surface area contributed by atoms with Gasteiger partial charge >= 0.3 is 0 Å². The Morgan fingerprint density at radius 3 is 2.38 bits per heavy atom. The number of benzene rings is 1. The van der Waals surface area contributed by atoms with Crippen molar-refractivity contribution in [1.82, 2.24) is 14.9 Å². The van der Waals surface area contributed by atoms with E-state index in [1.807, 2.05) is 26.8 Å². The lowest BCUT2D eigenvalue weighted by molar-refractivity contribution is 0.447. The summed E-state index contributed by atoms with van der Waals surface area (Å²) >= 11 is 1.31. The molecule has 0 aliphatic rings. The average molecular weight is 441 g/mol. The summed E-state index contributed by atoms with van der Waals surface area (Å²) in [6.07, 6.45) is 0.694. The minimum atomic E-state index is -3.40. The molecule has 0 aliphatic carbocycles.